The minimum Gasteiger partial charge on any atom is -0.308 e. The maximum Gasteiger partial charge on any atom is 0.0335 e. The van der Waals surface area contributed by atoms with Crippen molar-refractivity contribution in [3.05, 3.63) is 22.4 Å². The van der Waals surface area contributed by atoms with Crippen LogP contribution in [-0.4, -0.2) is 35.6 Å². The zero-order chi connectivity index (χ0) is 14.2. The smallest absolute Gasteiger partial charge is 0.0335 e. The van der Waals surface area contributed by atoms with Crippen molar-refractivity contribution < 1.29 is 0 Å². The summed E-state index contributed by atoms with van der Waals surface area (Å²) in [6.45, 7) is 10.7. The Morgan fingerprint density at radius 2 is 2.20 bits per heavy atom. The van der Waals surface area contributed by atoms with E-state index in [0.717, 1.165) is 12.5 Å². The Morgan fingerprint density at radius 3 is 2.80 bits per heavy atom. The Hall–Kier alpha value is -0.380. The Kier molecular flexibility index (Phi) is 3.95. The molecule has 3 rings (SSSR count). The maximum absolute atomic E-state index is 3.84. The molecule has 0 radical (unpaired) electrons. The molecular weight excluding hydrogens is 264 g/mol. The first kappa shape index (κ1) is 14.6. The largest absolute Gasteiger partial charge is 0.308 e. The molecule has 0 amide bonds. The molecule has 2 nitrogen and oxygen atoms in total. The van der Waals surface area contributed by atoms with Gasteiger partial charge in [-0.05, 0) is 67.8 Å². The van der Waals surface area contributed by atoms with Gasteiger partial charge in [0.25, 0.3) is 0 Å². The van der Waals surface area contributed by atoms with Crippen molar-refractivity contribution in [2.75, 3.05) is 19.6 Å². The summed E-state index contributed by atoms with van der Waals surface area (Å²) < 4.78 is 0. The van der Waals surface area contributed by atoms with Gasteiger partial charge in [0, 0.05) is 30.7 Å². The molecule has 0 spiro atoms. The first-order chi connectivity index (χ1) is 9.56. The van der Waals surface area contributed by atoms with E-state index in [2.05, 4.69) is 47.8 Å². The second-order valence-corrected chi connectivity index (χ2v) is 7.98. The third kappa shape index (κ3) is 2.81. The predicted molar refractivity (Wildman–Crippen MR) is 87.4 cm³/mol. The van der Waals surface area contributed by atoms with Crippen LogP contribution in [0.25, 0.3) is 0 Å². The van der Waals surface area contributed by atoms with Crippen LogP contribution < -0.4 is 5.32 Å². The fraction of sp³-hybridized carbons (Fsp3) is 0.765. The summed E-state index contributed by atoms with van der Waals surface area (Å²) in [4.78, 5) is 2.79. The molecule has 0 bridgehead atoms. The summed E-state index contributed by atoms with van der Waals surface area (Å²) >= 11 is 1.82. The van der Waals surface area contributed by atoms with E-state index in [4.69, 9.17) is 0 Å². The number of thiophene rings is 1. The number of nitrogens with zero attached hydrogens (tertiary/aromatic N) is 1. The number of hydrogen-bond acceptors (Lipinski definition) is 3. The van der Waals surface area contributed by atoms with Crippen LogP contribution in [0.4, 0.5) is 0 Å². The van der Waals surface area contributed by atoms with Gasteiger partial charge in [-0.15, -0.1) is 0 Å². The molecule has 2 heterocycles. The van der Waals surface area contributed by atoms with Crippen molar-refractivity contribution in [3.63, 3.8) is 0 Å². The second-order valence-electron chi connectivity index (χ2n) is 7.20. The van der Waals surface area contributed by atoms with E-state index in [-0.39, 0.29) is 0 Å². The van der Waals surface area contributed by atoms with Crippen molar-refractivity contribution in [1.29, 1.82) is 0 Å². The monoisotopic (exact) mass is 292 g/mol. The van der Waals surface area contributed by atoms with Crippen molar-refractivity contribution >= 4 is 11.3 Å². The maximum atomic E-state index is 3.84. The average Bonchev–Trinajstić information content (AvgIpc) is 3.19. The number of nitrogens with one attached hydrogen (secondary N) is 1. The first-order valence-corrected chi connectivity index (χ1v) is 9.01. The molecule has 0 aromatic carbocycles. The number of piperazine rings is 1. The Morgan fingerprint density at radius 1 is 1.40 bits per heavy atom. The van der Waals surface area contributed by atoms with Crippen LogP contribution >= 0.6 is 11.3 Å². The lowest BCUT2D eigenvalue weighted by Crippen LogP contribution is -2.69. The van der Waals surface area contributed by atoms with Gasteiger partial charge < -0.3 is 5.32 Å². The van der Waals surface area contributed by atoms with Crippen LogP contribution in [0.15, 0.2) is 16.8 Å². The topological polar surface area (TPSA) is 15.3 Å². The molecule has 1 aromatic heterocycles. The summed E-state index contributed by atoms with van der Waals surface area (Å²) in [5.41, 5.74) is 2.18. The minimum absolute atomic E-state index is 0.295. The molecule has 2 unspecified atom stereocenters. The molecule has 1 saturated heterocycles. The summed E-state index contributed by atoms with van der Waals surface area (Å²) in [6.07, 6.45) is 5.26. The molecule has 1 N–H and O–H groups in total. The highest BCUT2D eigenvalue weighted by molar-refractivity contribution is 7.07. The molecule has 1 aliphatic heterocycles. The standard InChI is InChI=1S/C17H28N2S/c1-4-16(2)13-19(9-7-14-8-10-20-11-14)17(3,12-18-16)15-5-6-15/h8,10-11,15,18H,4-7,9,12-13H2,1-3H3. The van der Waals surface area contributed by atoms with Gasteiger partial charge in [-0.3, -0.25) is 4.90 Å². The molecule has 1 saturated carbocycles. The Balaban J connectivity index is 1.71. The molecule has 112 valence electrons. The summed E-state index contributed by atoms with van der Waals surface area (Å²) in [7, 11) is 0. The van der Waals surface area contributed by atoms with Crippen LogP contribution in [-0.2, 0) is 6.42 Å². The lowest BCUT2D eigenvalue weighted by Gasteiger charge is -2.53. The molecular formula is C17H28N2S. The van der Waals surface area contributed by atoms with E-state index < -0.39 is 0 Å². The third-order valence-corrected chi connectivity index (χ3v) is 6.36. The van der Waals surface area contributed by atoms with Crippen molar-refractivity contribution in [2.24, 2.45) is 5.92 Å². The molecule has 2 atom stereocenters. The van der Waals surface area contributed by atoms with Gasteiger partial charge in [0.2, 0.25) is 0 Å². The van der Waals surface area contributed by atoms with Crippen molar-refractivity contribution in [3.8, 4) is 0 Å². The fourth-order valence-electron chi connectivity index (χ4n) is 3.54. The van der Waals surface area contributed by atoms with Gasteiger partial charge in [-0.2, -0.15) is 11.3 Å². The van der Waals surface area contributed by atoms with E-state index in [1.807, 2.05) is 11.3 Å². The summed E-state index contributed by atoms with van der Waals surface area (Å²) in [5, 5.41) is 8.34. The average molecular weight is 292 g/mol. The molecule has 20 heavy (non-hydrogen) atoms. The summed E-state index contributed by atoms with van der Waals surface area (Å²) in [5.74, 6) is 0.916. The number of rotatable bonds is 5. The van der Waals surface area contributed by atoms with E-state index in [1.54, 1.807) is 0 Å². The van der Waals surface area contributed by atoms with Crippen LogP contribution in [0.5, 0.6) is 0 Å². The SMILES string of the molecule is CCC1(C)CN(CCc2ccsc2)C(C)(C2CC2)CN1. The van der Waals surface area contributed by atoms with E-state index in [0.29, 0.717) is 11.1 Å². The van der Waals surface area contributed by atoms with E-state index in [9.17, 15) is 0 Å². The van der Waals surface area contributed by atoms with Gasteiger partial charge in [0.15, 0.2) is 0 Å². The van der Waals surface area contributed by atoms with Crippen LogP contribution in [0.2, 0.25) is 0 Å². The Labute approximate surface area is 127 Å². The van der Waals surface area contributed by atoms with Crippen LogP contribution in [0.1, 0.15) is 45.6 Å². The number of hydrogen-bond donors (Lipinski definition) is 1. The van der Waals surface area contributed by atoms with Crippen LogP contribution in [0, 0.1) is 5.92 Å². The lowest BCUT2D eigenvalue weighted by atomic mass is 9.84. The highest BCUT2D eigenvalue weighted by Gasteiger charge is 2.50. The Bertz CT molecular complexity index is 440. The quantitative estimate of drug-likeness (QED) is 0.893. The van der Waals surface area contributed by atoms with E-state index in [1.165, 1.54) is 44.3 Å². The van der Waals surface area contributed by atoms with Crippen molar-refractivity contribution in [1.82, 2.24) is 10.2 Å². The first-order valence-electron chi connectivity index (χ1n) is 8.07. The molecule has 2 aliphatic rings. The van der Waals surface area contributed by atoms with Gasteiger partial charge in [-0.25, -0.2) is 0 Å². The van der Waals surface area contributed by atoms with Gasteiger partial charge in [0.1, 0.15) is 0 Å². The highest BCUT2D eigenvalue weighted by Crippen LogP contribution is 2.45. The second kappa shape index (κ2) is 5.43. The van der Waals surface area contributed by atoms with E-state index >= 15 is 0 Å². The normalized spacial score (nSPS) is 35.4. The van der Waals surface area contributed by atoms with Gasteiger partial charge in [-0.1, -0.05) is 6.92 Å². The molecule has 3 heteroatoms. The lowest BCUT2D eigenvalue weighted by molar-refractivity contribution is 0.00609. The summed E-state index contributed by atoms with van der Waals surface area (Å²) in [6, 6.07) is 2.28. The zero-order valence-corrected chi connectivity index (χ0v) is 13.9. The van der Waals surface area contributed by atoms with Crippen molar-refractivity contribution in [2.45, 2.75) is 57.5 Å². The predicted octanol–water partition coefficient (Wildman–Crippen LogP) is 3.53. The third-order valence-electron chi connectivity index (χ3n) is 5.62. The zero-order valence-electron chi connectivity index (χ0n) is 13.1. The van der Waals surface area contributed by atoms with Crippen LogP contribution in [0.3, 0.4) is 0 Å². The minimum atomic E-state index is 0.295. The molecule has 1 aromatic rings. The molecule has 1 aliphatic carbocycles. The molecule has 2 fully saturated rings. The van der Waals surface area contributed by atoms with Gasteiger partial charge >= 0.3 is 0 Å². The fourth-order valence-corrected chi connectivity index (χ4v) is 4.24. The highest BCUT2D eigenvalue weighted by atomic mass is 32.1. The van der Waals surface area contributed by atoms with Gasteiger partial charge in [0.05, 0.1) is 0 Å².